The molecule has 116 valence electrons. The summed E-state index contributed by atoms with van der Waals surface area (Å²) in [6, 6.07) is 2.84. The van der Waals surface area contributed by atoms with Gasteiger partial charge < -0.3 is 4.74 Å². The zero-order chi connectivity index (χ0) is 15.0. The fraction of sp³-hybridized carbons (Fsp3) is 0.800. The van der Waals surface area contributed by atoms with Crippen LogP contribution in [-0.2, 0) is 11.2 Å². The van der Waals surface area contributed by atoms with Gasteiger partial charge in [0.05, 0.1) is 11.7 Å². The average molecular weight is 282 g/mol. The van der Waals surface area contributed by atoms with Gasteiger partial charge in [0.25, 0.3) is 0 Å². The van der Waals surface area contributed by atoms with Crippen LogP contribution in [0, 0.1) is 5.92 Å². The second kappa shape index (κ2) is 9.10. The van der Waals surface area contributed by atoms with Crippen molar-refractivity contribution in [2.75, 3.05) is 13.7 Å². The van der Waals surface area contributed by atoms with Gasteiger partial charge in [0.1, 0.15) is 0 Å². The number of hydrogen-bond donors (Lipinski definition) is 2. The minimum Gasteiger partial charge on any atom is -0.384 e. The Hall–Kier alpha value is -0.910. The molecule has 1 aromatic rings. The molecule has 0 aliphatic carbocycles. The van der Waals surface area contributed by atoms with Crippen LogP contribution in [0.4, 0.5) is 0 Å². The van der Waals surface area contributed by atoms with Gasteiger partial charge in [-0.1, -0.05) is 20.8 Å². The number of nitrogens with two attached hydrogens (primary N) is 1. The average Bonchev–Trinajstić information content (AvgIpc) is 2.88. The molecule has 5 heteroatoms. The molecular formula is C15H30N4O. The Morgan fingerprint density at radius 1 is 1.40 bits per heavy atom. The lowest BCUT2D eigenvalue weighted by Crippen LogP contribution is -2.38. The molecule has 0 aromatic carbocycles. The lowest BCUT2D eigenvalue weighted by Gasteiger charge is -2.19. The first-order valence-corrected chi connectivity index (χ1v) is 7.63. The van der Waals surface area contributed by atoms with Gasteiger partial charge in [0.15, 0.2) is 0 Å². The minimum atomic E-state index is 0.241. The van der Waals surface area contributed by atoms with Crippen LogP contribution in [0.5, 0.6) is 0 Å². The molecule has 5 nitrogen and oxygen atoms in total. The third kappa shape index (κ3) is 5.23. The molecule has 1 aromatic heterocycles. The molecule has 0 aliphatic rings. The number of nitrogens with one attached hydrogen (secondary N) is 1. The van der Waals surface area contributed by atoms with E-state index in [2.05, 4.69) is 48.2 Å². The van der Waals surface area contributed by atoms with E-state index in [1.807, 2.05) is 0 Å². The smallest absolute Gasteiger partial charge is 0.0640 e. The highest BCUT2D eigenvalue weighted by atomic mass is 16.5. The van der Waals surface area contributed by atoms with Gasteiger partial charge in [0, 0.05) is 32.4 Å². The van der Waals surface area contributed by atoms with Gasteiger partial charge >= 0.3 is 0 Å². The molecule has 2 unspecified atom stereocenters. The summed E-state index contributed by atoms with van der Waals surface area (Å²) in [5.74, 6) is 6.15. The highest BCUT2D eigenvalue weighted by Crippen LogP contribution is 2.16. The summed E-state index contributed by atoms with van der Waals surface area (Å²) in [5.41, 5.74) is 4.00. The van der Waals surface area contributed by atoms with Crippen molar-refractivity contribution in [1.29, 1.82) is 0 Å². The van der Waals surface area contributed by atoms with E-state index in [0.717, 1.165) is 38.0 Å². The van der Waals surface area contributed by atoms with E-state index in [-0.39, 0.29) is 6.04 Å². The van der Waals surface area contributed by atoms with E-state index < -0.39 is 0 Å². The summed E-state index contributed by atoms with van der Waals surface area (Å²) < 4.78 is 7.26. The van der Waals surface area contributed by atoms with Gasteiger partial charge in [-0.2, -0.15) is 5.10 Å². The minimum absolute atomic E-state index is 0.241. The number of rotatable bonds is 10. The van der Waals surface area contributed by atoms with Gasteiger partial charge in [-0.05, 0) is 31.2 Å². The molecule has 0 aliphatic heterocycles. The molecule has 0 bridgehead atoms. The highest BCUT2D eigenvalue weighted by molar-refractivity contribution is 5.02. The third-order valence-electron chi connectivity index (χ3n) is 3.81. The number of methoxy groups -OCH3 is 1. The molecule has 0 spiro atoms. The first-order chi connectivity index (χ1) is 9.64. The first-order valence-electron chi connectivity index (χ1n) is 7.63. The Balaban J connectivity index is 2.57. The molecule has 1 heterocycles. The Kier molecular flexibility index (Phi) is 7.80. The summed E-state index contributed by atoms with van der Waals surface area (Å²) >= 11 is 0. The van der Waals surface area contributed by atoms with Gasteiger partial charge in [-0.3, -0.25) is 16.0 Å². The Bertz CT molecular complexity index is 363. The van der Waals surface area contributed by atoms with Crippen LogP contribution in [0.2, 0.25) is 0 Å². The first kappa shape index (κ1) is 17.1. The predicted octanol–water partition coefficient (Wildman–Crippen LogP) is 2.29. The maximum atomic E-state index is 5.66. The summed E-state index contributed by atoms with van der Waals surface area (Å²) in [6.07, 6.45) is 6.15. The van der Waals surface area contributed by atoms with Crippen molar-refractivity contribution in [3.63, 3.8) is 0 Å². The summed E-state index contributed by atoms with van der Waals surface area (Å²) in [7, 11) is 1.73. The molecule has 0 amide bonds. The normalized spacial score (nSPS) is 14.7. The molecule has 0 fully saturated rings. The van der Waals surface area contributed by atoms with Gasteiger partial charge in [0.2, 0.25) is 0 Å². The fourth-order valence-electron chi connectivity index (χ4n) is 2.65. The number of hydrogen-bond acceptors (Lipinski definition) is 4. The van der Waals surface area contributed by atoms with E-state index in [4.69, 9.17) is 10.6 Å². The van der Waals surface area contributed by atoms with Crippen molar-refractivity contribution in [3.05, 3.63) is 18.0 Å². The molecule has 0 saturated carbocycles. The van der Waals surface area contributed by atoms with Crippen LogP contribution in [-0.4, -0.2) is 29.5 Å². The monoisotopic (exact) mass is 282 g/mol. The van der Waals surface area contributed by atoms with Crippen LogP contribution in [0.3, 0.4) is 0 Å². The lowest BCUT2D eigenvalue weighted by atomic mass is 9.99. The zero-order valence-corrected chi connectivity index (χ0v) is 13.3. The van der Waals surface area contributed by atoms with Gasteiger partial charge in [-0.15, -0.1) is 0 Å². The maximum absolute atomic E-state index is 5.66. The standard InChI is InChI=1S/C15H30N4O/c1-5-15(6-2)19-8-7-13(18-19)10-14(17-16)9-12(3)11-20-4/h7-8,12,14-15,17H,5-6,9-11,16H2,1-4H3. The van der Waals surface area contributed by atoms with Gasteiger partial charge in [-0.25, -0.2) is 0 Å². The lowest BCUT2D eigenvalue weighted by molar-refractivity contribution is 0.149. The van der Waals surface area contributed by atoms with Crippen molar-refractivity contribution in [2.24, 2.45) is 11.8 Å². The Morgan fingerprint density at radius 3 is 2.65 bits per heavy atom. The third-order valence-corrected chi connectivity index (χ3v) is 3.81. The van der Waals surface area contributed by atoms with E-state index in [1.54, 1.807) is 7.11 Å². The van der Waals surface area contributed by atoms with E-state index in [9.17, 15) is 0 Å². The maximum Gasteiger partial charge on any atom is 0.0640 e. The molecule has 0 radical (unpaired) electrons. The molecule has 1 rings (SSSR count). The molecule has 2 atom stereocenters. The Labute approximate surface area is 122 Å². The highest BCUT2D eigenvalue weighted by Gasteiger charge is 2.15. The number of aromatic nitrogens is 2. The van der Waals surface area contributed by atoms with Crippen LogP contribution in [0.15, 0.2) is 12.3 Å². The number of nitrogens with zero attached hydrogens (tertiary/aromatic N) is 2. The van der Waals surface area contributed by atoms with Crippen molar-refractivity contribution >= 4 is 0 Å². The second-order valence-corrected chi connectivity index (χ2v) is 5.62. The van der Waals surface area contributed by atoms with Crippen LogP contribution < -0.4 is 11.3 Å². The molecule has 0 saturated heterocycles. The predicted molar refractivity (Wildman–Crippen MR) is 82.3 cm³/mol. The van der Waals surface area contributed by atoms with Crippen LogP contribution in [0.25, 0.3) is 0 Å². The van der Waals surface area contributed by atoms with Crippen molar-refractivity contribution in [2.45, 2.75) is 58.5 Å². The molecule has 20 heavy (non-hydrogen) atoms. The molecular weight excluding hydrogens is 252 g/mol. The second-order valence-electron chi connectivity index (χ2n) is 5.62. The SMILES string of the molecule is CCC(CC)n1ccc(CC(CC(C)COC)NN)n1. The van der Waals surface area contributed by atoms with Crippen LogP contribution >= 0.6 is 0 Å². The summed E-state index contributed by atoms with van der Waals surface area (Å²) in [6.45, 7) is 7.34. The topological polar surface area (TPSA) is 65.1 Å². The largest absolute Gasteiger partial charge is 0.384 e. The van der Waals surface area contributed by atoms with Crippen LogP contribution in [0.1, 0.15) is 51.8 Å². The van der Waals surface area contributed by atoms with E-state index in [1.165, 1.54) is 0 Å². The summed E-state index contributed by atoms with van der Waals surface area (Å²) in [4.78, 5) is 0. The number of ether oxygens (including phenoxy) is 1. The number of hydrazine groups is 1. The van der Waals surface area contributed by atoms with E-state index in [0.29, 0.717) is 12.0 Å². The zero-order valence-electron chi connectivity index (χ0n) is 13.3. The van der Waals surface area contributed by atoms with Crippen molar-refractivity contribution in [3.8, 4) is 0 Å². The van der Waals surface area contributed by atoms with E-state index >= 15 is 0 Å². The Morgan fingerprint density at radius 2 is 2.10 bits per heavy atom. The quantitative estimate of drug-likeness (QED) is 0.510. The van der Waals surface area contributed by atoms with Crippen molar-refractivity contribution < 1.29 is 4.74 Å². The fourth-order valence-corrected chi connectivity index (χ4v) is 2.65. The van der Waals surface area contributed by atoms with Crippen molar-refractivity contribution in [1.82, 2.24) is 15.2 Å². The summed E-state index contributed by atoms with van der Waals surface area (Å²) in [5, 5.41) is 4.68. The molecule has 3 N–H and O–H groups in total.